The second-order valence-electron chi connectivity index (χ2n) is 8.09. The van der Waals surface area contributed by atoms with E-state index in [9.17, 15) is 0 Å². The van der Waals surface area contributed by atoms with Gasteiger partial charge in [0.25, 0.3) is 0 Å². The Morgan fingerprint density at radius 2 is 1.58 bits per heavy atom. The molecule has 0 saturated carbocycles. The van der Waals surface area contributed by atoms with Crippen molar-refractivity contribution in [2.75, 3.05) is 19.5 Å². The molecule has 0 spiro atoms. The van der Waals surface area contributed by atoms with Gasteiger partial charge < -0.3 is 9.47 Å². The van der Waals surface area contributed by atoms with Crippen molar-refractivity contribution in [3.05, 3.63) is 83.9 Å². The van der Waals surface area contributed by atoms with Gasteiger partial charge in [-0.3, -0.25) is 4.57 Å². The largest absolute Gasteiger partial charge is 0.497 e. The van der Waals surface area contributed by atoms with Crippen molar-refractivity contribution < 1.29 is 9.47 Å². The molecule has 0 unspecified atom stereocenters. The van der Waals surface area contributed by atoms with E-state index >= 15 is 0 Å². The summed E-state index contributed by atoms with van der Waals surface area (Å²) in [5.41, 5.74) is 4.65. The van der Waals surface area contributed by atoms with Crippen LogP contribution in [0.2, 0.25) is 0 Å². The van der Waals surface area contributed by atoms with E-state index in [4.69, 9.17) is 9.47 Å². The highest BCUT2D eigenvalue weighted by atomic mass is 32.2. The minimum absolute atomic E-state index is 0.380. The zero-order valence-corrected chi connectivity index (χ0v) is 20.3. The van der Waals surface area contributed by atoms with Crippen molar-refractivity contribution in [3.8, 4) is 28.6 Å². The van der Waals surface area contributed by atoms with Crippen molar-refractivity contribution in [2.45, 2.75) is 31.8 Å². The topological polar surface area (TPSA) is 49.2 Å². The van der Waals surface area contributed by atoms with Gasteiger partial charge in [0, 0.05) is 11.3 Å². The summed E-state index contributed by atoms with van der Waals surface area (Å²) < 4.78 is 13.3. The van der Waals surface area contributed by atoms with E-state index in [0.717, 1.165) is 39.5 Å². The van der Waals surface area contributed by atoms with Gasteiger partial charge in [-0.05, 0) is 48.7 Å². The minimum atomic E-state index is 0.380. The first-order valence-corrected chi connectivity index (χ1v) is 12.1. The summed E-state index contributed by atoms with van der Waals surface area (Å²) in [7, 11) is 1.66. The highest BCUT2D eigenvalue weighted by molar-refractivity contribution is 7.99. The Kier molecular flexibility index (Phi) is 7.35. The van der Waals surface area contributed by atoms with Gasteiger partial charge >= 0.3 is 0 Å². The summed E-state index contributed by atoms with van der Waals surface area (Å²) in [6.45, 7) is 7.08. The van der Waals surface area contributed by atoms with Crippen LogP contribution in [0.25, 0.3) is 17.1 Å². The molecule has 4 rings (SSSR count). The van der Waals surface area contributed by atoms with Crippen LogP contribution in [0.15, 0.2) is 78.0 Å². The van der Waals surface area contributed by atoms with Crippen molar-refractivity contribution in [2.24, 2.45) is 0 Å². The van der Waals surface area contributed by atoms with Gasteiger partial charge in [0.05, 0.1) is 19.4 Å². The minimum Gasteiger partial charge on any atom is -0.497 e. The molecule has 0 N–H and O–H groups in total. The first-order valence-electron chi connectivity index (χ1n) is 11.1. The first kappa shape index (κ1) is 22.9. The molecule has 0 aliphatic heterocycles. The van der Waals surface area contributed by atoms with Crippen LogP contribution in [-0.2, 0) is 0 Å². The molecule has 0 aliphatic carbocycles. The standard InChI is InChI=1S/C27H29N3O2S/c1-19(2)24-7-5-6-8-25(24)30-26(21-11-9-20(3)10-12-21)28-29-27(30)33-18-17-32-23-15-13-22(31-4)14-16-23/h5-16,19H,17-18H2,1-4H3. The van der Waals surface area contributed by atoms with E-state index in [1.807, 2.05) is 24.3 Å². The lowest BCUT2D eigenvalue weighted by molar-refractivity contribution is 0.342. The second kappa shape index (κ2) is 10.6. The Morgan fingerprint density at radius 3 is 2.27 bits per heavy atom. The number of thioether (sulfide) groups is 1. The third-order valence-corrected chi connectivity index (χ3v) is 6.28. The molecule has 33 heavy (non-hydrogen) atoms. The zero-order valence-electron chi connectivity index (χ0n) is 19.5. The third-order valence-electron chi connectivity index (χ3n) is 5.39. The molecule has 4 aromatic rings. The molecule has 1 aromatic heterocycles. The van der Waals surface area contributed by atoms with Crippen LogP contribution >= 0.6 is 11.8 Å². The van der Waals surface area contributed by atoms with Crippen LogP contribution in [0.1, 0.15) is 30.9 Å². The first-order chi connectivity index (χ1) is 16.1. The van der Waals surface area contributed by atoms with E-state index in [1.54, 1.807) is 18.9 Å². The quantitative estimate of drug-likeness (QED) is 0.210. The van der Waals surface area contributed by atoms with Crippen LogP contribution in [-0.4, -0.2) is 34.2 Å². The fourth-order valence-corrected chi connectivity index (χ4v) is 4.38. The number of hydrogen-bond donors (Lipinski definition) is 0. The SMILES string of the molecule is COc1ccc(OCCSc2nnc(-c3ccc(C)cc3)n2-c2ccccc2C(C)C)cc1. The second-order valence-corrected chi connectivity index (χ2v) is 9.16. The molecule has 3 aromatic carbocycles. The Hall–Kier alpha value is -3.25. The predicted octanol–water partition coefficient (Wildman–Crippen LogP) is 6.55. The third kappa shape index (κ3) is 5.40. The van der Waals surface area contributed by atoms with E-state index in [0.29, 0.717) is 12.5 Å². The summed E-state index contributed by atoms with van der Waals surface area (Å²) in [4.78, 5) is 0. The summed E-state index contributed by atoms with van der Waals surface area (Å²) >= 11 is 1.65. The van der Waals surface area contributed by atoms with Gasteiger partial charge in [0.1, 0.15) is 11.5 Å². The lowest BCUT2D eigenvalue weighted by Crippen LogP contribution is -2.06. The van der Waals surface area contributed by atoms with Crippen LogP contribution in [0.5, 0.6) is 11.5 Å². The summed E-state index contributed by atoms with van der Waals surface area (Å²) in [6, 6.07) is 24.5. The summed E-state index contributed by atoms with van der Waals surface area (Å²) in [5.74, 6) is 3.62. The molecule has 0 amide bonds. The zero-order chi connectivity index (χ0) is 23.2. The molecular formula is C27H29N3O2S. The molecule has 6 heteroatoms. The number of ether oxygens (including phenoxy) is 2. The number of rotatable bonds is 9. The number of methoxy groups -OCH3 is 1. The van der Waals surface area contributed by atoms with Gasteiger partial charge in [-0.1, -0.05) is 73.6 Å². The van der Waals surface area contributed by atoms with Gasteiger partial charge in [0.2, 0.25) is 0 Å². The van der Waals surface area contributed by atoms with E-state index < -0.39 is 0 Å². The molecule has 5 nitrogen and oxygen atoms in total. The fraction of sp³-hybridized carbons (Fsp3) is 0.259. The number of para-hydroxylation sites is 1. The average Bonchev–Trinajstić information content (AvgIpc) is 3.26. The molecule has 170 valence electrons. The molecule has 0 aliphatic rings. The Bertz CT molecular complexity index is 1180. The van der Waals surface area contributed by atoms with Gasteiger partial charge in [0.15, 0.2) is 11.0 Å². The molecule has 0 atom stereocenters. The van der Waals surface area contributed by atoms with E-state index in [-0.39, 0.29) is 0 Å². The maximum atomic E-state index is 5.91. The van der Waals surface area contributed by atoms with Crippen LogP contribution < -0.4 is 9.47 Å². The van der Waals surface area contributed by atoms with Gasteiger partial charge in [-0.15, -0.1) is 10.2 Å². The fourth-order valence-electron chi connectivity index (χ4n) is 3.61. The number of aryl methyl sites for hydroxylation is 1. The number of benzene rings is 3. The number of hydrogen-bond acceptors (Lipinski definition) is 5. The van der Waals surface area contributed by atoms with E-state index in [1.165, 1.54) is 11.1 Å². The van der Waals surface area contributed by atoms with Crippen molar-refractivity contribution in [3.63, 3.8) is 0 Å². The molecule has 1 heterocycles. The number of nitrogens with zero attached hydrogens (tertiary/aromatic N) is 3. The van der Waals surface area contributed by atoms with Crippen LogP contribution in [0.3, 0.4) is 0 Å². The highest BCUT2D eigenvalue weighted by Crippen LogP contribution is 2.32. The molecule has 0 saturated heterocycles. The smallest absolute Gasteiger partial charge is 0.196 e. The van der Waals surface area contributed by atoms with Crippen molar-refractivity contribution in [1.29, 1.82) is 0 Å². The molecule has 0 bridgehead atoms. The lowest BCUT2D eigenvalue weighted by atomic mass is 10.0. The van der Waals surface area contributed by atoms with E-state index in [2.05, 4.69) is 84.1 Å². The van der Waals surface area contributed by atoms with Gasteiger partial charge in [-0.25, -0.2) is 0 Å². The van der Waals surface area contributed by atoms with Gasteiger partial charge in [-0.2, -0.15) is 0 Å². The highest BCUT2D eigenvalue weighted by Gasteiger charge is 2.19. The lowest BCUT2D eigenvalue weighted by Gasteiger charge is -2.17. The summed E-state index contributed by atoms with van der Waals surface area (Å²) in [5, 5.41) is 10.0. The predicted molar refractivity (Wildman–Crippen MR) is 135 cm³/mol. The van der Waals surface area contributed by atoms with Crippen molar-refractivity contribution >= 4 is 11.8 Å². The monoisotopic (exact) mass is 459 g/mol. The molecular weight excluding hydrogens is 430 g/mol. The number of aromatic nitrogens is 3. The maximum Gasteiger partial charge on any atom is 0.196 e. The Morgan fingerprint density at radius 1 is 0.879 bits per heavy atom. The Balaban J connectivity index is 1.59. The average molecular weight is 460 g/mol. The summed E-state index contributed by atoms with van der Waals surface area (Å²) in [6.07, 6.45) is 0. The van der Waals surface area contributed by atoms with Crippen LogP contribution in [0.4, 0.5) is 0 Å². The normalized spacial score (nSPS) is 11.1. The maximum absolute atomic E-state index is 5.91. The molecule has 0 radical (unpaired) electrons. The Labute approximate surface area is 199 Å². The van der Waals surface area contributed by atoms with Crippen molar-refractivity contribution in [1.82, 2.24) is 14.8 Å². The molecule has 0 fully saturated rings. The van der Waals surface area contributed by atoms with Crippen LogP contribution in [0, 0.1) is 6.92 Å².